The highest BCUT2D eigenvalue weighted by atomic mass is 35.5. The lowest BCUT2D eigenvalue weighted by Crippen LogP contribution is -2.43. The molecular weight excluding hydrogens is 477 g/mol. The molecule has 34 heavy (non-hydrogen) atoms. The summed E-state index contributed by atoms with van der Waals surface area (Å²) in [6.45, 7) is 5.19. The van der Waals surface area contributed by atoms with Gasteiger partial charge in [0.2, 0.25) is 0 Å². The molecule has 1 atom stereocenters. The Morgan fingerprint density at radius 3 is 2.00 bits per heavy atom. The van der Waals surface area contributed by atoms with Crippen LogP contribution in [0.1, 0.15) is 31.1 Å². The van der Waals surface area contributed by atoms with E-state index in [-0.39, 0.29) is 24.6 Å². The SMILES string of the molecule is CC(=O)c1c(-c2ccc(Cl)cc2)c(-c2ccc(Cl)cc2)nn(CCN[C@H](C(=O)O)C(C)C)c1=O. The summed E-state index contributed by atoms with van der Waals surface area (Å²) in [5.74, 6) is -1.52. The highest BCUT2D eigenvalue weighted by Crippen LogP contribution is 2.33. The number of carbonyl (C=O) groups is 2. The fraction of sp³-hybridized carbons (Fsp3) is 0.280. The minimum absolute atomic E-state index is 0.000849. The van der Waals surface area contributed by atoms with E-state index in [0.29, 0.717) is 32.4 Å². The summed E-state index contributed by atoms with van der Waals surface area (Å²) in [5, 5.41) is 18.0. The van der Waals surface area contributed by atoms with Crippen LogP contribution in [0.5, 0.6) is 0 Å². The van der Waals surface area contributed by atoms with Crippen molar-refractivity contribution in [2.45, 2.75) is 33.4 Å². The molecule has 1 aromatic heterocycles. The van der Waals surface area contributed by atoms with Gasteiger partial charge in [-0.25, -0.2) is 4.68 Å². The molecular formula is C25H25Cl2N3O4. The van der Waals surface area contributed by atoms with Crippen LogP contribution in [-0.4, -0.2) is 39.2 Å². The molecule has 0 spiro atoms. The number of carboxylic acid groups (broad SMARTS) is 1. The Morgan fingerprint density at radius 2 is 1.53 bits per heavy atom. The average molecular weight is 502 g/mol. The van der Waals surface area contributed by atoms with Crippen LogP contribution in [0.3, 0.4) is 0 Å². The zero-order chi connectivity index (χ0) is 25.0. The van der Waals surface area contributed by atoms with Gasteiger partial charge in [0, 0.05) is 27.7 Å². The normalized spacial score (nSPS) is 12.1. The lowest BCUT2D eigenvalue weighted by atomic mass is 9.94. The second kappa shape index (κ2) is 11.0. The van der Waals surface area contributed by atoms with Crippen molar-refractivity contribution < 1.29 is 14.7 Å². The smallest absolute Gasteiger partial charge is 0.320 e. The van der Waals surface area contributed by atoms with Gasteiger partial charge in [0.15, 0.2) is 5.78 Å². The lowest BCUT2D eigenvalue weighted by molar-refractivity contribution is -0.140. The molecule has 0 saturated heterocycles. The Morgan fingerprint density at radius 1 is 1.00 bits per heavy atom. The maximum absolute atomic E-state index is 13.3. The van der Waals surface area contributed by atoms with Gasteiger partial charge in [-0.15, -0.1) is 0 Å². The zero-order valence-corrected chi connectivity index (χ0v) is 20.5. The average Bonchev–Trinajstić information content (AvgIpc) is 2.77. The summed E-state index contributed by atoms with van der Waals surface area (Å²) in [4.78, 5) is 37.5. The first-order valence-electron chi connectivity index (χ1n) is 10.7. The minimum atomic E-state index is -0.973. The first-order valence-corrected chi connectivity index (χ1v) is 11.5. The van der Waals surface area contributed by atoms with Crippen LogP contribution >= 0.6 is 23.2 Å². The van der Waals surface area contributed by atoms with Gasteiger partial charge >= 0.3 is 5.97 Å². The highest BCUT2D eigenvalue weighted by Gasteiger charge is 2.24. The molecule has 0 fully saturated rings. The predicted octanol–water partition coefficient (Wildman–Crippen LogP) is 4.79. The number of benzene rings is 2. The number of hydrogen-bond acceptors (Lipinski definition) is 5. The van der Waals surface area contributed by atoms with Crippen LogP contribution in [0.4, 0.5) is 0 Å². The largest absolute Gasteiger partial charge is 0.480 e. The van der Waals surface area contributed by atoms with Crippen molar-refractivity contribution >= 4 is 35.0 Å². The molecule has 0 aliphatic heterocycles. The number of ketones is 1. The van der Waals surface area contributed by atoms with E-state index in [4.69, 9.17) is 23.2 Å². The lowest BCUT2D eigenvalue weighted by Gasteiger charge is -2.19. The summed E-state index contributed by atoms with van der Waals surface area (Å²) in [6.07, 6.45) is 0. The molecule has 3 rings (SSSR count). The van der Waals surface area contributed by atoms with Crippen molar-refractivity contribution in [3.8, 4) is 22.4 Å². The van der Waals surface area contributed by atoms with Gasteiger partial charge < -0.3 is 10.4 Å². The van der Waals surface area contributed by atoms with Crippen molar-refractivity contribution in [3.63, 3.8) is 0 Å². The molecule has 0 bridgehead atoms. The van der Waals surface area contributed by atoms with Crippen LogP contribution in [0.25, 0.3) is 22.4 Å². The number of Topliss-reactive ketones (excluding diaryl/α,β-unsaturated/α-hetero) is 1. The van der Waals surface area contributed by atoms with Gasteiger partial charge in [-0.05, 0) is 42.7 Å². The second-order valence-electron chi connectivity index (χ2n) is 8.21. The van der Waals surface area contributed by atoms with Crippen LogP contribution in [-0.2, 0) is 11.3 Å². The number of hydrogen-bond donors (Lipinski definition) is 2. The topological polar surface area (TPSA) is 101 Å². The molecule has 178 valence electrons. The fourth-order valence-corrected chi connectivity index (χ4v) is 3.94. The molecule has 2 N–H and O–H groups in total. The molecule has 1 heterocycles. The van der Waals surface area contributed by atoms with Gasteiger partial charge in [-0.1, -0.05) is 61.3 Å². The third-order valence-electron chi connectivity index (χ3n) is 5.38. The number of carbonyl (C=O) groups excluding carboxylic acids is 1. The summed E-state index contributed by atoms with van der Waals surface area (Å²) in [6, 6.07) is 13.0. The van der Waals surface area contributed by atoms with E-state index in [1.807, 2.05) is 0 Å². The Bertz CT molecular complexity index is 1250. The summed E-state index contributed by atoms with van der Waals surface area (Å²) in [7, 11) is 0. The first-order chi connectivity index (χ1) is 16.1. The first kappa shape index (κ1) is 25.6. The van der Waals surface area contributed by atoms with Crippen molar-refractivity contribution in [3.05, 3.63) is 74.5 Å². The van der Waals surface area contributed by atoms with E-state index in [1.165, 1.54) is 11.6 Å². The number of nitrogens with zero attached hydrogens (tertiary/aromatic N) is 2. The molecule has 7 nitrogen and oxygen atoms in total. The van der Waals surface area contributed by atoms with E-state index < -0.39 is 23.4 Å². The van der Waals surface area contributed by atoms with Crippen LogP contribution in [0.2, 0.25) is 10.0 Å². The summed E-state index contributed by atoms with van der Waals surface area (Å²) >= 11 is 12.1. The molecule has 0 unspecified atom stereocenters. The molecule has 2 aromatic carbocycles. The predicted molar refractivity (Wildman–Crippen MR) is 134 cm³/mol. The van der Waals surface area contributed by atoms with Crippen molar-refractivity contribution in [2.24, 2.45) is 5.92 Å². The zero-order valence-electron chi connectivity index (χ0n) is 19.0. The van der Waals surface area contributed by atoms with Gasteiger partial charge in [-0.3, -0.25) is 14.4 Å². The highest BCUT2D eigenvalue weighted by molar-refractivity contribution is 6.31. The van der Waals surface area contributed by atoms with E-state index in [1.54, 1.807) is 62.4 Å². The fourth-order valence-electron chi connectivity index (χ4n) is 3.69. The van der Waals surface area contributed by atoms with Crippen LogP contribution < -0.4 is 10.9 Å². The molecule has 9 heteroatoms. The number of aromatic nitrogens is 2. The standard InChI is InChI=1S/C25H25Cl2N3O4/c1-14(2)22(25(33)34)28-12-13-30-24(32)20(15(3)31)21(16-4-8-18(26)9-5-16)23(29-30)17-6-10-19(27)11-7-17/h4-11,14,22,28H,12-13H2,1-3H3,(H,33,34)/t22-/m0/s1. The maximum Gasteiger partial charge on any atom is 0.320 e. The van der Waals surface area contributed by atoms with Crippen LogP contribution in [0, 0.1) is 5.92 Å². The molecule has 0 amide bonds. The Kier molecular flexibility index (Phi) is 8.25. The second-order valence-corrected chi connectivity index (χ2v) is 9.08. The number of nitrogens with one attached hydrogen (secondary N) is 1. The molecule has 0 aliphatic rings. The summed E-state index contributed by atoms with van der Waals surface area (Å²) < 4.78 is 1.20. The van der Waals surface area contributed by atoms with Crippen molar-refractivity contribution in [1.82, 2.24) is 15.1 Å². The van der Waals surface area contributed by atoms with E-state index in [2.05, 4.69) is 10.4 Å². The monoisotopic (exact) mass is 501 g/mol. The van der Waals surface area contributed by atoms with Gasteiger partial charge in [0.1, 0.15) is 6.04 Å². The van der Waals surface area contributed by atoms with Gasteiger partial charge in [0.05, 0.1) is 17.8 Å². The van der Waals surface area contributed by atoms with Gasteiger partial charge in [-0.2, -0.15) is 5.10 Å². The molecule has 0 aliphatic carbocycles. The number of aliphatic carboxylic acids is 1. The minimum Gasteiger partial charge on any atom is -0.480 e. The Hall–Kier alpha value is -3.00. The Balaban J connectivity index is 2.16. The Labute approximate surface area is 207 Å². The molecule has 0 radical (unpaired) electrons. The number of carboxylic acids is 1. The van der Waals surface area contributed by atoms with E-state index >= 15 is 0 Å². The van der Waals surface area contributed by atoms with Crippen molar-refractivity contribution in [2.75, 3.05) is 6.54 Å². The third-order valence-corrected chi connectivity index (χ3v) is 5.88. The van der Waals surface area contributed by atoms with Crippen molar-refractivity contribution in [1.29, 1.82) is 0 Å². The van der Waals surface area contributed by atoms with E-state index in [0.717, 1.165) is 0 Å². The van der Waals surface area contributed by atoms with E-state index in [9.17, 15) is 19.5 Å². The molecule has 3 aromatic rings. The number of rotatable bonds is 9. The third kappa shape index (κ3) is 5.73. The maximum atomic E-state index is 13.3. The van der Waals surface area contributed by atoms with Crippen LogP contribution in [0.15, 0.2) is 53.3 Å². The molecule has 0 saturated carbocycles. The quantitative estimate of drug-likeness (QED) is 0.409. The van der Waals surface area contributed by atoms with Gasteiger partial charge in [0.25, 0.3) is 5.56 Å². The summed E-state index contributed by atoms with van der Waals surface area (Å²) in [5.41, 5.74) is 1.59. The number of halogens is 2.